The van der Waals surface area contributed by atoms with Crippen LogP contribution in [0.1, 0.15) is 12.0 Å². The molecule has 1 fully saturated rings. The van der Waals surface area contributed by atoms with Crippen LogP contribution in [0.15, 0.2) is 11.4 Å². The highest BCUT2D eigenvalue weighted by molar-refractivity contribution is 7.98. The van der Waals surface area contributed by atoms with Gasteiger partial charge in [0.15, 0.2) is 11.0 Å². The molecule has 1 aliphatic rings. The Kier molecular flexibility index (Phi) is 3.26. The Morgan fingerprint density at radius 2 is 2.47 bits per heavy atom. The Morgan fingerprint density at radius 1 is 1.71 bits per heavy atom. The molecule has 1 amide bonds. The molecule has 1 atom stereocenters. The zero-order valence-corrected chi connectivity index (χ0v) is 9.94. The summed E-state index contributed by atoms with van der Waals surface area (Å²) < 4.78 is 0. The number of β-amino-alcohol motifs (C(OH)–C–C–N with tert-alkyl or cyclic N) is 1. The van der Waals surface area contributed by atoms with Crippen molar-refractivity contribution in [3.8, 4) is 6.07 Å². The number of anilines is 1. The minimum absolute atomic E-state index is 0.0729. The van der Waals surface area contributed by atoms with Gasteiger partial charge < -0.3 is 5.11 Å². The maximum absolute atomic E-state index is 11.6. The number of amides is 1. The van der Waals surface area contributed by atoms with Gasteiger partial charge >= 0.3 is 0 Å². The van der Waals surface area contributed by atoms with Gasteiger partial charge in [0.1, 0.15) is 11.6 Å². The van der Waals surface area contributed by atoms with E-state index in [-0.39, 0.29) is 30.3 Å². The molecule has 7 heteroatoms. The van der Waals surface area contributed by atoms with Gasteiger partial charge in [-0.2, -0.15) is 5.26 Å². The Labute approximate surface area is 102 Å². The number of nitrogens with zero attached hydrogens (tertiary/aromatic N) is 4. The highest BCUT2D eigenvalue weighted by atomic mass is 32.2. The molecule has 0 aromatic carbocycles. The molecule has 1 aromatic heterocycles. The van der Waals surface area contributed by atoms with Crippen LogP contribution in [0.2, 0.25) is 0 Å². The molecule has 0 spiro atoms. The van der Waals surface area contributed by atoms with E-state index in [1.165, 1.54) is 22.9 Å². The summed E-state index contributed by atoms with van der Waals surface area (Å²) in [5.74, 6) is 0.0631. The lowest BCUT2D eigenvalue weighted by molar-refractivity contribution is -0.117. The minimum Gasteiger partial charge on any atom is -0.391 e. The number of aromatic nitrogens is 2. The number of aliphatic hydroxyl groups excluding tert-OH is 1. The molecule has 0 saturated carbocycles. The van der Waals surface area contributed by atoms with E-state index in [9.17, 15) is 9.90 Å². The van der Waals surface area contributed by atoms with Crippen LogP contribution >= 0.6 is 11.8 Å². The molecule has 88 valence electrons. The SMILES string of the molecule is CSc1ncc(C#N)c(N2CC(O)CC2=O)n1. The van der Waals surface area contributed by atoms with Gasteiger partial charge in [-0.25, -0.2) is 9.97 Å². The molecule has 0 aliphatic carbocycles. The number of nitriles is 1. The van der Waals surface area contributed by atoms with Crippen molar-refractivity contribution in [1.82, 2.24) is 9.97 Å². The Morgan fingerprint density at radius 3 is 3.00 bits per heavy atom. The lowest BCUT2D eigenvalue weighted by atomic mass is 10.3. The Bertz CT molecular complexity index is 500. The van der Waals surface area contributed by atoms with E-state index in [0.717, 1.165) is 0 Å². The lowest BCUT2D eigenvalue weighted by Crippen LogP contribution is -2.27. The molecule has 1 aromatic rings. The number of carbonyl (C=O) groups excluding carboxylic acids is 1. The van der Waals surface area contributed by atoms with Crippen LogP contribution in [0.3, 0.4) is 0 Å². The van der Waals surface area contributed by atoms with Crippen LogP contribution < -0.4 is 4.90 Å². The topological polar surface area (TPSA) is 90.1 Å². The zero-order valence-electron chi connectivity index (χ0n) is 9.12. The molecule has 1 N–H and O–H groups in total. The Hall–Kier alpha value is -1.65. The van der Waals surface area contributed by atoms with Crippen LogP contribution in [0.25, 0.3) is 0 Å². The standard InChI is InChI=1S/C10H10N4O2S/c1-17-10-12-4-6(3-11)9(13-10)14-5-7(15)2-8(14)16/h4,7,15H,2,5H2,1H3. The summed E-state index contributed by atoms with van der Waals surface area (Å²) in [6.07, 6.45) is 2.59. The number of hydrogen-bond donors (Lipinski definition) is 1. The van der Waals surface area contributed by atoms with Crippen LogP contribution in [-0.2, 0) is 4.79 Å². The van der Waals surface area contributed by atoms with Gasteiger partial charge in [-0.3, -0.25) is 9.69 Å². The van der Waals surface area contributed by atoms with Crippen molar-refractivity contribution in [3.05, 3.63) is 11.8 Å². The van der Waals surface area contributed by atoms with Gasteiger partial charge in [-0.1, -0.05) is 11.8 Å². The molecule has 1 unspecified atom stereocenters. The molecule has 2 rings (SSSR count). The first kappa shape index (κ1) is 11.8. The fourth-order valence-electron chi connectivity index (χ4n) is 1.63. The van der Waals surface area contributed by atoms with E-state index in [4.69, 9.17) is 5.26 Å². The second-order valence-corrected chi connectivity index (χ2v) is 4.34. The summed E-state index contributed by atoms with van der Waals surface area (Å²) in [7, 11) is 0. The maximum Gasteiger partial charge on any atom is 0.230 e. The molecule has 17 heavy (non-hydrogen) atoms. The average Bonchev–Trinajstić information content (AvgIpc) is 2.67. The quantitative estimate of drug-likeness (QED) is 0.594. The fraction of sp³-hybridized carbons (Fsp3) is 0.400. The Balaban J connectivity index is 2.43. The molecule has 1 saturated heterocycles. The van der Waals surface area contributed by atoms with Crippen molar-refractivity contribution in [2.75, 3.05) is 17.7 Å². The summed E-state index contributed by atoms with van der Waals surface area (Å²) in [5, 5.41) is 18.9. The van der Waals surface area contributed by atoms with Crippen molar-refractivity contribution in [3.63, 3.8) is 0 Å². The number of hydrogen-bond acceptors (Lipinski definition) is 6. The summed E-state index contributed by atoms with van der Waals surface area (Å²) in [6, 6.07) is 1.95. The van der Waals surface area contributed by atoms with E-state index in [1.807, 2.05) is 12.3 Å². The minimum atomic E-state index is -0.693. The third-order valence-electron chi connectivity index (χ3n) is 2.41. The van der Waals surface area contributed by atoms with E-state index < -0.39 is 6.10 Å². The van der Waals surface area contributed by atoms with E-state index in [0.29, 0.717) is 5.16 Å². The maximum atomic E-state index is 11.6. The fourth-order valence-corrected chi connectivity index (χ4v) is 1.97. The van der Waals surface area contributed by atoms with Gasteiger partial charge in [-0.15, -0.1) is 0 Å². The van der Waals surface area contributed by atoms with Gasteiger partial charge in [0.25, 0.3) is 0 Å². The average molecular weight is 250 g/mol. The van der Waals surface area contributed by atoms with E-state index in [1.54, 1.807) is 0 Å². The summed E-state index contributed by atoms with van der Waals surface area (Å²) in [5.41, 5.74) is 0.241. The highest BCUT2D eigenvalue weighted by Crippen LogP contribution is 2.24. The molecular weight excluding hydrogens is 240 g/mol. The van der Waals surface area contributed by atoms with Crippen LogP contribution in [0.4, 0.5) is 5.82 Å². The molecule has 0 bridgehead atoms. The first-order chi connectivity index (χ1) is 8.15. The molecule has 0 radical (unpaired) electrons. The lowest BCUT2D eigenvalue weighted by Gasteiger charge is -2.15. The summed E-state index contributed by atoms with van der Waals surface area (Å²) >= 11 is 1.33. The predicted octanol–water partition coefficient (Wildman–Crippen LogP) is 0.168. The van der Waals surface area contributed by atoms with Crippen molar-refractivity contribution in [2.45, 2.75) is 17.7 Å². The third kappa shape index (κ3) is 2.23. The first-order valence-electron chi connectivity index (χ1n) is 4.95. The predicted molar refractivity (Wildman–Crippen MR) is 61.5 cm³/mol. The monoisotopic (exact) mass is 250 g/mol. The second kappa shape index (κ2) is 4.69. The molecule has 1 aliphatic heterocycles. The van der Waals surface area contributed by atoms with Crippen LogP contribution in [-0.4, -0.2) is 39.9 Å². The van der Waals surface area contributed by atoms with Crippen LogP contribution in [0.5, 0.6) is 0 Å². The van der Waals surface area contributed by atoms with E-state index >= 15 is 0 Å². The smallest absolute Gasteiger partial charge is 0.230 e. The number of rotatable bonds is 2. The molecular formula is C10H10N4O2S. The first-order valence-corrected chi connectivity index (χ1v) is 6.17. The number of carbonyl (C=O) groups is 1. The van der Waals surface area contributed by atoms with Gasteiger partial charge in [0, 0.05) is 0 Å². The second-order valence-electron chi connectivity index (χ2n) is 3.57. The normalized spacial score (nSPS) is 19.5. The van der Waals surface area contributed by atoms with Gasteiger partial charge in [0.2, 0.25) is 5.91 Å². The number of aliphatic hydroxyl groups is 1. The summed E-state index contributed by atoms with van der Waals surface area (Å²) in [6.45, 7) is 0.179. The highest BCUT2D eigenvalue weighted by Gasteiger charge is 2.31. The van der Waals surface area contributed by atoms with Crippen molar-refractivity contribution < 1.29 is 9.90 Å². The zero-order chi connectivity index (χ0) is 12.4. The van der Waals surface area contributed by atoms with Crippen molar-refractivity contribution >= 4 is 23.5 Å². The van der Waals surface area contributed by atoms with Gasteiger partial charge in [-0.05, 0) is 6.26 Å². The van der Waals surface area contributed by atoms with E-state index in [2.05, 4.69) is 9.97 Å². The molecule has 6 nitrogen and oxygen atoms in total. The third-order valence-corrected chi connectivity index (χ3v) is 2.97. The molecule has 2 heterocycles. The van der Waals surface area contributed by atoms with Crippen LogP contribution in [0, 0.1) is 11.3 Å². The van der Waals surface area contributed by atoms with Crippen molar-refractivity contribution in [1.29, 1.82) is 5.26 Å². The summed E-state index contributed by atoms with van der Waals surface area (Å²) in [4.78, 5) is 21.1. The number of thioether (sulfide) groups is 1. The van der Waals surface area contributed by atoms with Crippen molar-refractivity contribution in [2.24, 2.45) is 0 Å². The largest absolute Gasteiger partial charge is 0.391 e. The van der Waals surface area contributed by atoms with Gasteiger partial charge in [0.05, 0.1) is 25.3 Å².